The highest BCUT2D eigenvalue weighted by Gasteiger charge is 2.39. The van der Waals surface area contributed by atoms with Gasteiger partial charge in [-0.3, -0.25) is 0 Å². The zero-order chi connectivity index (χ0) is 14.7. The number of hydrogen-bond acceptors (Lipinski definition) is 1. The van der Waals surface area contributed by atoms with Gasteiger partial charge in [-0.1, -0.05) is 49.9 Å². The van der Waals surface area contributed by atoms with Gasteiger partial charge in [-0.15, -0.1) is 0 Å². The molecule has 0 radical (unpaired) electrons. The van der Waals surface area contributed by atoms with Crippen molar-refractivity contribution in [1.82, 2.24) is 5.32 Å². The summed E-state index contributed by atoms with van der Waals surface area (Å²) in [6.45, 7) is 3.46. The largest absolute Gasteiger partial charge is 0.310 e. The molecular weight excluding hydrogens is 278 g/mol. The second kappa shape index (κ2) is 6.71. The Balaban J connectivity index is 1.64. The van der Waals surface area contributed by atoms with Gasteiger partial charge in [-0.2, -0.15) is 0 Å². The minimum absolute atomic E-state index is 0.458. The smallest absolute Gasteiger partial charge is 0.0456 e. The van der Waals surface area contributed by atoms with Crippen LogP contribution < -0.4 is 5.32 Å². The molecule has 2 fully saturated rings. The minimum Gasteiger partial charge on any atom is -0.310 e. The maximum Gasteiger partial charge on any atom is 0.0456 e. The van der Waals surface area contributed by atoms with Gasteiger partial charge in [0.2, 0.25) is 0 Å². The van der Waals surface area contributed by atoms with Crippen LogP contribution in [0.5, 0.6) is 0 Å². The van der Waals surface area contributed by atoms with E-state index in [4.69, 9.17) is 11.6 Å². The lowest BCUT2D eigenvalue weighted by atomic mass is 9.93. The van der Waals surface area contributed by atoms with E-state index in [-0.39, 0.29) is 0 Å². The van der Waals surface area contributed by atoms with Crippen LogP contribution in [0.4, 0.5) is 0 Å². The number of nitrogens with one attached hydrogen (secondary N) is 1. The summed E-state index contributed by atoms with van der Waals surface area (Å²) < 4.78 is 0. The summed E-state index contributed by atoms with van der Waals surface area (Å²) in [7, 11) is 0. The molecular formula is C19H28ClN. The molecule has 1 aliphatic heterocycles. The number of aryl methyl sites for hydroxylation is 1. The third kappa shape index (κ3) is 3.81. The van der Waals surface area contributed by atoms with E-state index in [1.807, 2.05) is 0 Å². The van der Waals surface area contributed by atoms with Crippen molar-refractivity contribution in [2.75, 3.05) is 6.54 Å². The molecule has 116 valence electrons. The predicted molar refractivity (Wildman–Crippen MR) is 90.9 cm³/mol. The van der Waals surface area contributed by atoms with Gasteiger partial charge in [0.05, 0.1) is 0 Å². The van der Waals surface area contributed by atoms with E-state index in [0.717, 1.165) is 11.6 Å². The van der Waals surface area contributed by atoms with Crippen molar-refractivity contribution in [3.63, 3.8) is 0 Å². The zero-order valence-electron chi connectivity index (χ0n) is 13.3. The molecule has 1 aromatic rings. The maximum absolute atomic E-state index is 6.58. The van der Waals surface area contributed by atoms with Gasteiger partial charge >= 0.3 is 0 Å². The topological polar surface area (TPSA) is 12.0 Å². The first-order valence-electron chi connectivity index (χ1n) is 8.74. The Labute approximate surface area is 134 Å². The number of rotatable bonds is 5. The van der Waals surface area contributed by atoms with E-state index in [2.05, 4.69) is 30.4 Å². The molecule has 1 unspecified atom stereocenters. The first kappa shape index (κ1) is 15.4. The Hall–Kier alpha value is -0.530. The monoisotopic (exact) mass is 305 g/mol. The molecule has 3 rings (SSSR count). The van der Waals surface area contributed by atoms with E-state index >= 15 is 0 Å². The third-order valence-corrected chi connectivity index (χ3v) is 5.98. The molecule has 1 nitrogen and oxygen atoms in total. The molecule has 1 saturated carbocycles. The molecule has 21 heavy (non-hydrogen) atoms. The molecule has 0 bridgehead atoms. The lowest BCUT2D eigenvalue weighted by molar-refractivity contribution is 0.450. The summed E-state index contributed by atoms with van der Waals surface area (Å²) in [5, 5.41) is 4.62. The van der Waals surface area contributed by atoms with Crippen LogP contribution in [0.1, 0.15) is 75.5 Å². The molecule has 1 aromatic carbocycles. The van der Waals surface area contributed by atoms with Crippen molar-refractivity contribution in [3.8, 4) is 0 Å². The minimum atomic E-state index is 0.458. The maximum atomic E-state index is 6.58. The average Bonchev–Trinajstić information content (AvgIpc) is 3.30. The van der Waals surface area contributed by atoms with Gasteiger partial charge in [-0.05, 0) is 67.7 Å². The Bertz CT molecular complexity index is 470. The number of halogens is 1. The highest BCUT2D eigenvalue weighted by molar-refractivity contribution is 6.31. The van der Waals surface area contributed by atoms with Crippen LogP contribution >= 0.6 is 11.6 Å². The summed E-state index contributed by atoms with van der Waals surface area (Å²) in [5.74, 6) is 0. The van der Waals surface area contributed by atoms with Crippen LogP contribution in [-0.2, 0) is 6.42 Å². The molecule has 1 aliphatic carbocycles. The Kier molecular flexibility index (Phi) is 4.91. The standard InChI is InChI=1S/C19H28ClN/c1-2-19(11-12-19)10-9-15-7-8-16(17(20)14-15)18-6-4-3-5-13-21-18/h7-8,14,18,21H,2-6,9-13H2,1H3. The quantitative estimate of drug-likeness (QED) is 0.739. The fourth-order valence-electron chi connectivity index (χ4n) is 3.67. The Morgan fingerprint density at radius 1 is 1.24 bits per heavy atom. The first-order valence-corrected chi connectivity index (χ1v) is 9.12. The van der Waals surface area contributed by atoms with Crippen LogP contribution in [0.3, 0.4) is 0 Å². The van der Waals surface area contributed by atoms with Gasteiger partial charge in [0.25, 0.3) is 0 Å². The lowest BCUT2D eigenvalue weighted by Crippen LogP contribution is -2.20. The van der Waals surface area contributed by atoms with Gasteiger partial charge in [0.1, 0.15) is 0 Å². The van der Waals surface area contributed by atoms with E-state index in [1.165, 1.54) is 68.9 Å². The van der Waals surface area contributed by atoms with E-state index in [9.17, 15) is 0 Å². The highest BCUT2D eigenvalue weighted by Crippen LogP contribution is 2.52. The fourth-order valence-corrected chi connectivity index (χ4v) is 4.00. The molecule has 2 aliphatic rings. The van der Waals surface area contributed by atoms with Crippen molar-refractivity contribution in [2.24, 2.45) is 5.41 Å². The highest BCUT2D eigenvalue weighted by atomic mass is 35.5. The van der Waals surface area contributed by atoms with E-state index < -0.39 is 0 Å². The number of benzene rings is 1. The molecule has 0 spiro atoms. The average molecular weight is 306 g/mol. The van der Waals surface area contributed by atoms with Gasteiger partial charge in [0.15, 0.2) is 0 Å². The van der Waals surface area contributed by atoms with Crippen LogP contribution in [0.25, 0.3) is 0 Å². The molecule has 2 heteroatoms. The summed E-state index contributed by atoms with van der Waals surface area (Å²) in [5.41, 5.74) is 3.39. The van der Waals surface area contributed by atoms with Crippen LogP contribution in [0.15, 0.2) is 18.2 Å². The van der Waals surface area contributed by atoms with E-state index in [0.29, 0.717) is 11.5 Å². The zero-order valence-corrected chi connectivity index (χ0v) is 14.0. The molecule has 0 amide bonds. The first-order chi connectivity index (χ1) is 10.2. The fraction of sp³-hybridized carbons (Fsp3) is 0.684. The van der Waals surface area contributed by atoms with Crippen LogP contribution in [0.2, 0.25) is 5.02 Å². The molecule has 1 N–H and O–H groups in total. The van der Waals surface area contributed by atoms with Crippen molar-refractivity contribution in [1.29, 1.82) is 0 Å². The third-order valence-electron chi connectivity index (χ3n) is 5.65. The summed E-state index contributed by atoms with van der Waals surface area (Å²) in [6.07, 6.45) is 11.9. The molecule has 1 atom stereocenters. The molecule has 0 aromatic heterocycles. The summed E-state index contributed by atoms with van der Waals surface area (Å²) >= 11 is 6.58. The van der Waals surface area contributed by atoms with Crippen molar-refractivity contribution in [2.45, 2.75) is 70.8 Å². The SMILES string of the molecule is CCC1(CCc2ccc(C3CCCCCN3)c(Cl)c2)CC1. The van der Waals surface area contributed by atoms with Crippen molar-refractivity contribution in [3.05, 3.63) is 34.3 Å². The second-order valence-electron chi connectivity index (χ2n) is 7.07. The Morgan fingerprint density at radius 2 is 2.10 bits per heavy atom. The normalized spacial score (nSPS) is 24.6. The molecule has 1 saturated heterocycles. The van der Waals surface area contributed by atoms with Crippen LogP contribution in [0, 0.1) is 5.41 Å². The number of hydrogen-bond donors (Lipinski definition) is 1. The van der Waals surface area contributed by atoms with Gasteiger partial charge in [0, 0.05) is 11.1 Å². The molecule has 1 heterocycles. The van der Waals surface area contributed by atoms with Crippen molar-refractivity contribution >= 4 is 11.6 Å². The van der Waals surface area contributed by atoms with Gasteiger partial charge < -0.3 is 5.32 Å². The Morgan fingerprint density at radius 3 is 2.81 bits per heavy atom. The van der Waals surface area contributed by atoms with Crippen molar-refractivity contribution < 1.29 is 0 Å². The van der Waals surface area contributed by atoms with Gasteiger partial charge in [-0.25, -0.2) is 0 Å². The summed E-state index contributed by atoms with van der Waals surface area (Å²) in [4.78, 5) is 0. The summed E-state index contributed by atoms with van der Waals surface area (Å²) in [6, 6.07) is 7.25. The predicted octanol–water partition coefficient (Wildman–Crippen LogP) is 5.67. The van der Waals surface area contributed by atoms with E-state index in [1.54, 1.807) is 0 Å². The second-order valence-corrected chi connectivity index (χ2v) is 7.47. The lowest BCUT2D eigenvalue weighted by Gasteiger charge is -2.19. The van der Waals surface area contributed by atoms with Crippen LogP contribution in [-0.4, -0.2) is 6.54 Å².